The third-order valence-electron chi connectivity index (χ3n) is 5.87. The maximum atomic E-state index is 13.2. The molecule has 9 heteroatoms. The van der Waals surface area contributed by atoms with Crippen molar-refractivity contribution in [2.75, 3.05) is 0 Å². The number of hydrogen-bond acceptors (Lipinski definition) is 5. The van der Waals surface area contributed by atoms with E-state index in [1.807, 2.05) is 0 Å². The standard InChI is InChI=1S/C25H24N2O5S2/c1-19(21-13-15-26(17-21)33(29,30)23-9-5-3-6-10-23)25(28)20(2)22-14-16-27(18-22)34(31,32)24-11-7-4-8-12-24/h3-20H,1-2H3. The van der Waals surface area contributed by atoms with E-state index in [0.29, 0.717) is 11.1 Å². The lowest BCUT2D eigenvalue weighted by atomic mass is 9.88. The van der Waals surface area contributed by atoms with Gasteiger partial charge in [-0.15, -0.1) is 0 Å². The highest BCUT2D eigenvalue weighted by Crippen LogP contribution is 2.28. The van der Waals surface area contributed by atoms with Crippen molar-refractivity contribution >= 4 is 25.8 Å². The van der Waals surface area contributed by atoms with Gasteiger partial charge in [0, 0.05) is 36.6 Å². The summed E-state index contributed by atoms with van der Waals surface area (Å²) in [6, 6.07) is 19.3. The summed E-state index contributed by atoms with van der Waals surface area (Å²) in [5.74, 6) is -1.32. The van der Waals surface area contributed by atoms with Gasteiger partial charge in [0.05, 0.1) is 9.79 Å². The first kappa shape index (κ1) is 23.7. The molecule has 2 heterocycles. The van der Waals surface area contributed by atoms with Gasteiger partial charge >= 0.3 is 0 Å². The highest BCUT2D eigenvalue weighted by molar-refractivity contribution is 7.90. The molecular formula is C25H24N2O5S2. The quantitative estimate of drug-likeness (QED) is 0.364. The molecule has 2 atom stereocenters. The van der Waals surface area contributed by atoms with Gasteiger partial charge in [0.1, 0.15) is 5.78 Å². The molecule has 4 rings (SSSR count). The molecule has 176 valence electrons. The Morgan fingerprint density at radius 3 is 1.32 bits per heavy atom. The summed E-state index contributed by atoms with van der Waals surface area (Å²) in [5, 5.41) is 0. The maximum Gasteiger partial charge on any atom is 0.267 e. The first-order valence-corrected chi connectivity index (χ1v) is 13.5. The number of ketones is 1. The third kappa shape index (κ3) is 4.36. The molecule has 0 aliphatic heterocycles. The summed E-state index contributed by atoms with van der Waals surface area (Å²) in [6.07, 6.45) is 5.75. The third-order valence-corrected chi connectivity index (χ3v) is 9.17. The van der Waals surface area contributed by atoms with Crippen molar-refractivity contribution in [2.24, 2.45) is 0 Å². The van der Waals surface area contributed by atoms with Crippen molar-refractivity contribution in [1.82, 2.24) is 7.94 Å². The van der Waals surface area contributed by atoms with Crippen LogP contribution >= 0.6 is 0 Å². The molecule has 2 aromatic carbocycles. The van der Waals surface area contributed by atoms with Gasteiger partial charge in [0.15, 0.2) is 0 Å². The molecule has 0 aliphatic carbocycles. The van der Waals surface area contributed by atoms with Crippen molar-refractivity contribution in [2.45, 2.75) is 35.5 Å². The second kappa shape index (κ2) is 9.08. The van der Waals surface area contributed by atoms with Crippen molar-refractivity contribution in [3.05, 3.63) is 109 Å². The first-order chi connectivity index (χ1) is 16.1. The van der Waals surface area contributed by atoms with Crippen LogP contribution in [0.2, 0.25) is 0 Å². The molecule has 0 spiro atoms. The highest BCUT2D eigenvalue weighted by atomic mass is 32.2. The van der Waals surface area contributed by atoms with Crippen LogP contribution in [-0.4, -0.2) is 30.6 Å². The highest BCUT2D eigenvalue weighted by Gasteiger charge is 2.27. The van der Waals surface area contributed by atoms with Crippen molar-refractivity contribution in [1.29, 1.82) is 0 Å². The molecule has 2 unspecified atom stereocenters. The van der Waals surface area contributed by atoms with Gasteiger partial charge < -0.3 is 0 Å². The number of hydrogen-bond donors (Lipinski definition) is 0. The maximum absolute atomic E-state index is 13.2. The lowest BCUT2D eigenvalue weighted by Crippen LogP contribution is -2.17. The van der Waals surface area contributed by atoms with Gasteiger partial charge in [-0.25, -0.2) is 24.8 Å². The Hall–Kier alpha value is -3.43. The second-order valence-electron chi connectivity index (χ2n) is 8.03. The number of carbonyl (C=O) groups excluding carboxylic acids is 1. The summed E-state index contributed by atoms with van der Waals surface area (Å²) < 4.78 is 53.5. The van der Waals surface area contributed by atoms with Crippen LogP contribution in [0, 0.1) is 0 Å². The number of nitrogens with zero attached hydrogens (tertiary/aromatic N) is 2. The summed E-state index contributed by atoms with van der Waals surface area (Å²) in [5.41, 5.74) is 1.13. The molecular weight excluding hydrogens is 472 g/mol. The smallest absolute Gasteiger partial charge is 0.267 e. The van der Waals surface area contributed by atoms with Gasteiger partial charge in [-0.2, -0.15) is 0 Å². The van der Waals surface area contributed by atoms with E-state index < -0.39 is 31.9 Å². The Bertz CT molecular complexity index is 1400. The molecule has 0 saturated carbocycles. The van der Waals surface area contributed by atoms with Gasteiger partial charge in [-0.3, -0.25) is 4.79 Å². The number of carbonyl (C=O) groups is 1. The summed E-state index contributed by atoms with van der Waals surface area (Å²) >= 11 is 0. The fourth-order valence-corrected chi connectivity index (χ4v) is 6.18. The zero-order chi connectivity index (χ0) is 24.5. The topological polar surface area (TPSA) is 95.2 Å². The fraction of sp³-hybridized carbons (Fsp3) is 0.160. The first-order valence-electron chi connectivity index (χ1n) is 10.6. The molecule has 0 amide bonds. The van der Waals surface area contributed by atoms with Crippen molar-refractivity contribution in [3.8, 4) is 0 Å². The Morgan fingerprint density at radius 2 is 0.971 bits per heavy atom. The monoisotopic (exact) mass is 496 g/mol. The van der Waals surface area contributed by atoms with Gasteiger partial charge in [-0.1, -0.05) is 50.2 Å². The van der Waals surface area contributed by atoms with E-state index in [2.05, 4.69) is 0 Å². The van der Waals surface area contributed by atoms with Crippen LogP contribution in [0.4, 0.5) is 0 Å². The minimum absolute atomic E-state index is 0.148. The zero-order valence-electron chi connectivity index (χ0n) is 18.6. The second-order valence-corrected chi connectivity index (χ2v) is 11.7. The molecule has 34 heavy (non-hydrogen) atoms. The molecule has 0 bridgehead atoms. The van der Waals surface area contributed by atoms with E-state index in [4.69, 9.17) is 0 Å². The van der Waals surface area contributed by atoms with E-state index in [9.17, 15) is 21.6 Å². The van der Waals surface area contributed by atoms with E-state index in [-0.39, 0.29) is 15.6 Å². The molecule has 0 saturated heterocycles. The molecule has 0 aliphatic rings. The van der Waals surface area contributed by atoms with Crippen LogP contribution < -0.4 is 0 Å². The van der Waals surface area contributed by atoms with E-state index in [1.54, 1.807) is 62.4 Å². The van der Waals surface area contributed by atoms with Gasteiger partial charge in [0.25, 0.3) is 20.0 Å². The minimum Gasteiger partial charge on any atom is -0.298 e. The number of benzene rings is 2. The SMILES string of the molecule is CC(C(=O)C(C)c1ccn(S(=O)(=O)c2ccccc2)c1)c1ccn(S(=O)(=O)c2ccccc2)c1. The van der Waals surface area contributed by atoms with Crippen LogP contribution in [-0.2, 0) is 24.8 Å². The van der Waals surface area contributed by atoms with Crippen molar-refractivity contribution < 1.29 is 21.6 Å². The fourth-order valence-electron chi connectivity index (χ4n) is 3.73. The number of aromatic nitrogens is 2. The lowest BCUT2D eigenvalue weighted by Gasteiger charge is -2.15. The predicted molar refractivity (Wildman–Crippen MR) is 129 cm³/mol. The zero-order valence-corrected chi connectivity index (χ0v) is 20.3. The van der Waals surface area contributed by atoms with Crippen LogP contribution in [0.15, 0.2) is 107 Å². The Kier molecular flexibility index (Phi) is 6.33. The van der Waals surface area contributed by atoms with Crippen LogP contribution in [0.1, 0.15) is 36.8 Å². The van der Waals surface area contributed by atoms with E-state index in [0.717, 1.165) is 7.94 Å². The molecule has 4 aromatic rings. The minimum atomic E-state index is -3.75. The van der Waals surface area contributed by atoms with Gasteiger partial charge in [0.2, 0.25) is 0 Å². The molecule has 0 radical (unpaired) electrons. The average molecular weight is 497 g/mol. The van der Waals surface area contributed by atoms with Crippen LogP contribution in [0.25, 0.3) is 0 Å². The van der Waals surface area contributed by atoms with E-state index >= 15 is 0 Å². The Labute approximate surface area is 199 Å². The van der Waals surface area contributed by atoms with Gasteiger partial charge in [-0.05, 0) is 47.5 Å². The number of rotatable bonds is 8. The summed E-state index contributed by atoms with van der Waals surface area (Å²) in [6.45, 7) is 3.43. The van der Waals surface area contributed by atoms with Crippen LogP contribution in [0.3, 0.4) is 0 Å². The van der Waals surface area contributed by atoms with Crippen molar-refractivity contribution in [3.63, 3.8) is 0 Å². The predicted octanol–water partition coefficient (Wildman–Crippen LogP) is 4.24. The average Bonchev–Trinajstić information content (AvgIpc) is 3.55. The molecule has 0 N–H and O–H groups in total. The Balaban J connectivity index is 1.54. The van der Waals surface area contributed by atoms with Crippen LogP contribution in [0.5, 0.6) is 0 Å². The number of Topliss-reactive ketones (excluding diaryl/α,β-unsaturated/α-hetero) is 1. The summed E-state index contributed by atoms with van der Waals surface area (Å²) in [7, 11) is -7.51. The molecule has 7 nitrogen and oxygen atoms in total. The molecule has 0 fully saturated rings. The molecule has 2 aromatic heterocycles. The summed E-state index contributed by atoms with van der Waals surface area (Å²) in [4.78, 5) is 13.5. The lowest BCUT2D eigenvalue weighted by molar-refractivity contribution is -0.121. The normalized spacial score (nSPS) is 13.9. The Morgan fingerprint density at radius 1 is 0.618 bits per heavy atom. The largest absolute Gasteiger partial charge is 0.298 e. The van der Waals surface area contributed by atoms with E-state index in [1.165, 1.54) is 49.1 Å².